The molecule has 2 aromatic rings. The highest BCUT2D eigenvalue weighted by Crippen LogP contribution is 2.34. The second-order valence-electron chi connectivity index (χ2n) is 4.86. The standard InChI is InChI=1S/C16H14Br3Cl/c17-10-16(11-18,13-4-6-14(19)7-5-13)9-12-2-1-3-15(20)8-12/h1-8H,9-11H2. The Bertz CT molecular complexity index is 562. The molecule has 106 valence electrons. The molecule has 0 unspecified atom stereocenters. The van der Waals surface area contributed by atoms with Gasteiger partial charge in [-0.15, -0.1) is 0 Å². The monoisotopic (exact) mass is 478 g/mol. The summed E-state index contributed by atoms with van der Waals surface area (Å²) in [5.74, 6) is 0. The van der Waals surface area contributed by atoms with E-state index in [0.29, 0.717) is 0 Å². The number of hydrogen-bond donors (Lipinski definition) is 0. The Morgan fingerprint density at radius 3 is 2.15 bits per heavy atom. The lowest BCUT2D eigenvalue weighted by atomic mass is 9.79. The van der Waals surface area contributed by atoms with Crippen molar-refractivity contribution in [1.29, 1.82) is 0 Å². The molecule has 0 fully saturated rings. The van der Waals surface area contributed by atoms with Crippen LogP contribution in [0.3, 0.4) is 0 Å². The van der Waals surface area contributed by atoms with Gasteiger partial charge in [0.05, 0.1) is 0 Å². The maximum atomic E-state index is 6.10. The molecular formula is C16H14Br3Cl. The van der Waals surface area contributed by atoms with E-state index in [2.05, 4.69) is 78.1 Å². The van der Waals surface area contributed by atoms with Gasteiger partial charge < -0.3 is 0 Å². The van der Waals surface area contributed by atoms with Gasteiger partial charge in [-0.2, -0.15) is 0 Å². The van der Waals surface area contributed by atoms with Gasteiger partial charge in [0.25, 0.3) is 0 Å². The second kappa shape index (κ2) is 7.44. The number of halogens is 4. The minimum Gasteiger partial charge on any atom is -0.0918 e. The van der Waals surface area contributed by atoms with Crippen molar-refractivity contribution in [2.24, 2.45) is 0 Å². The minimum atomic E-state index is 0.0192. The summed E-state index contributed by atoms with van der Waals surface area (Å²) < 4.78 is 1.10. The normalized spacial score (nSPS) is 11.6. The second-order valence-corrected chi connectivity index (χ2v) is 7.33. The first-order valence-corrected chi connectivity index (χ1v) is 9.63. The number of hydrogen-bond acceptors (Lipinski definition) is 0. The van der Waals surface area contributed by atoms with Crippen molar-refractivity contribution in [3.8, 4) is 0 Å². The zero-order valence-electron chi connectivity index (χ0n) is 10.8. The fourth-order valence-corrected chi connectivity index (χ4v) is 4.68. The van der Waals surface area contributed by atoms with Crippen molar-refractivity contribution in [3.63, 3.8) is 0 Å². The molecule has 0 saturated carbocycles. The zero-order chi connectivity index (χ0) is 14.6. The van der Waals surface area contributed by atoms with Crippen LogP contribution in [-0.2, 0) is 11.8 Å². The maximum Gasteiger partial charge on any atom is 0.0408 e. The van der Waals surface area contributed by atoms with E-state index in [1.807, 2.05) is 18.2 Å². The van der Waals surface area contributed by atoms with Crippen LogP contribution in [0.2, 0.25) is 5.02 Å². The summed E-state index contributed by atoms with van der Waals surface area (Å²) in [7, 11) is 0. The molecule has 0 heterocycles. The van der Waals surface area contributed by atoms with Gasteiger partial charge in [0.15, 0.2) is 0 Å². The van der Waals surface area contributed by atoms with E-state index < -0.39 is 0 Å². The van der Waals surface area contributed by atoms with Crippen molar-refractivity contribution in [1.82, 2.24) is 0 Å². The SMILES string of the molecule is Clc1cccc(CC(CBr)(CBr)c2ccc(Br)cc2)c1. The van der Waals surface area contributed by atoms with Crippen LogP contribution in [0.1, 0.15) is 11.1 Å². The van der Waals surface area contributed by atoms with Crippen LogP contribution in [0.5, 0.6) is 0 Å². The van der Waals surface area contributed by atoms with Crippen molar-refractivity contribution in [2.45, 2.75) is 11.8 Å². The highest BCUT2D eigenvalue weighted by molar-refractivity contribution is 9.10. The van der Waals surface area contributed by atoms with Gasteiger partial charge in [-0.25, -0.2) is 0 Å². The quantitative estimate of drug-likeness (QED) is 0.435. The topological polar surface area (TPSA) is 0 Å². The lowest BCUT2D eigenvalue weighted by Crippen LogP contribution is -2.32. The molecule has 0 aliphatic rings. The van der Waals surface area contributed by atoms with E-state index in [4.69, 9.17) is 11.6 Å². The summed E-state index contributed by atoms with van der Waals surface area (Å²) >= 11 is 17.0. The lowest BCUT2D eigenvalue weighted by Gasteiger charge is -2.31. The Balaban J connectivity index is 2.36. The van der Waals surface area contributed by atoms with Gasteiger partial charge in [0.2, 0.25) is 0 Å². The molecule has 4 heteroatoms. The lowest BCUT2D eigenvalue weighted by molar-refractivity contribution is 0.551. The predicted molar refractivity (Wildman–Crippen MR) is 98.6 cm³/mol. The summed E-state index contributed by atoms with van der Waals surface area (Å²) in [6, 6.07) is 16.6. The summed E-state index contributed by atoms with van der Waals surface area (Å²) in [6.07, 6.45) is 0.936. The Hall–Kier alpha value is 0.170. The molecule has 0 atom stereocenters. The van der Waals surface area contributed by atoms with Gasteiger partial charge in [-0.3, -0.25) is 0 Å². The van der Waals surface area contributed by atoms with Crippen molar-refractivity contribution in [2.75, 3.05) is 10.7 Å². The molecule has 20 heavy (non-hydrogen) atoms. The highest BCUT2D eigenvalue weighted by Gasteiger charge is 2.30. The van der Waals surface area contributed by atoms with Crippen molar-refractivity contribution in [3.05, 3.63) is 69.2 Å². The van der Waals surface area contributed by atoms with Gasteiger partial charge in [-0.1, -0.05) is 83.7 Å². The van der Waals surface area contributed by atoms with Crippen LogP contribution >= 0.6 is 59.4 Å². The summed E-state index contributed by atoms with van der Waals surface area (Å²) in [5, 5.41) is 2.56. The molecule has 2 aromatic carbocycles. The van der Waals surface area contributed by atoms with E-state index in [0.717, 1.165) is 26.6 Å². The molecule has 0 bridgehead atoms. The number of benzene rings is 2. The third-order valence-electron chi connectivity index (χ3n) is 3.40. The predicted octanol–water partition coefficient (Wildman–Crippen LogP) is 6.37. The molecule has 0 amide bonds. The Labute approximate surface area is 150 Å². The smallest absolute Gasteiger partial charge is 0.0408 e. The number of rotatable bonds is 5. The van der Waals surface area contributed by atoms with Crippen LogP contribution in [0.25, 0.3) is 0 Å². The third-order valence-corrected chi connectivity index (χ3v) is 6.31. The van der Waals surface area contributed by atoms with Crippen molar-refractivity contribution < 1.29 is 0 Å². The van der Waals surface area contributed by atoms with Crippen LogP contribution in [0.4, 0.5) is 0 Å². The van der Waals surface area contributed by atoms with E-state index in [1.54, 1.807) is 0 Å². The summed E-state index contributed by atoms with van der Waals surface area (Å²) in [5.41, 5.74) is 2.58. The largest absolute Gasteiger partial charge is 0.0918 e. The Morgan fingerprint density at radius 2 is 1.60 bits per heavy atom. The molecule has 0 radical (unpaired) electrons. The van der Waals surface area contributed by atoms with E-state index in [1.165, 1.54) is 11.1 Å². The first kappa shape index (κ1) is 16.5. The Morgan fingerprint density at radius 1 is 0.950 bits per heavy atom. The molecule has 0 spiro atoms. The maximum absolute atomic E-state index is 6.10. The fraction of sp³-hybridized carbons (Fsp3) is 0.250. The van der Waals surface area contributed by atoms with E-state index in [-0.39, 0.29) is 5.41 Å². The Kier molecular flexibility index (Phi) is 6.15. The zero-order valence-corrected chi connectivity index (χ0v) is 16.3. The fourth-order valence-electron chi connectivity index (χ4n) is 2.23. The van der Waals surface area contributed by atoms with E-state index >= 15 is 0 Å². The molecule has 2 rings (SSSR count). The molecule has 0 saturated heterocycles. The molecular weight excluding hydrogens is 467 g/mol. The van der Waals surface area contributed by atoms with Gasteiger partial charge in [0.1, 0.15) is 0 Å². The first-order valence-electron chi connectivity index (χ1n) is 6.22. The van der Waals surface area contributed by atoms with E-state index in [9.17, 15) is 0 Å². The first-order chi connectivity index (χ1) is 9.59. The molecule has 0 aromatic heterocycles. The average Bonchev–Trinajstić information content (AvgIpc) is 2.46. The number of alkyl halides is 2. The van der Waals surface area contributed by atoms with Crippen molar-refractivity contribution >= 4 is 59.4 Å². The van der Waals surface area contributed by atoms with Crippen LogP contribution < -0.4 is 0 Å². The van der Waals surface area contributed by atoms with Gasteiger partial charge >= 0.3 is 0 Å². The molecule has 0 aliphatic heterocycles. The van der Waals surface area contributed by atoms with Crippen LogP contribution in [0.15, 0.2) is 53.0 Å². The minimum absolute atomic E-state index is 0.0192. The van der Waals surface area contributed by atoms with Gasteiger partial charge in [-0.05, 0) is 41.8 Å². The highest BCUT2D eigenvalue weighted by atomic mass is 79.9. The third kappa shape index (κ3) is 3.88. The molecule has 0 nitrogen and oxygen atoms in total. The molecule has 0 aliphatic carbocycles. The van der Waals surface area contributed by atoms with Gasteiger partial charge in [0, 0.05) is 25.6 Å². The summed E-state index contributed by atoms with van der Waals surface area (Å²) in [6.45, 7) is 0. The van der Waals surface area contributed by atoms with Crippen LogP contribution in [0, 0.1) is 0 Å². The molecule has 0 N–H and O–H groups in total. The average molecular weight is 481 g/mol. The summed E-state index contributed by atoms with van der Waals surface area (Å²) in [4.78, 5) is 0. The van der Waals surface area contributed by atoms with Crippen LogP contribution in [-0.4, -0.2) is 10.7 Å².